The molecule has 4 heteroatoms. The monoisotopic (exact) mass is 244 g/mol. The van der Waals surface area contributed by atoms with E-state index < -0.39 is 0 Å². The molecule has 0 aliphatic carbocycles. The molecule has 1 rings (SSSR count). The lowest BCUT2D eigenvalue weighted by Gasteiger charge is -2.25. The van der Waals surface area contributed by atoms with Gasteiger partial charge in [0.2, 0.25) is 0 Å². The van der Waals surface area contributed by atoms with Crippen LogP contribution in [0, 0.1) is 0 Å². The van der Waals surface area contributed by atoms with Crippen LogP contribution < -0.4 is 5.32 Å². The van der Waals surface area contributed by atoms with E-state index in [2.05, 4.69) is 31.1 Å². The van der Waals surface area contributed by atoms with E-state index in [-0.39, 0.29) is 11.6 Å². The van der Waals surface area contributed by atoms with Crippen LogP contribution in [0.2, 0.25) is 0 Å². The molecular formula is C12H24N2OS. The number of aliphatic imine (C=N–C) groups is 1. The lowest BCUT2D eigenvalue weighted by Crippen LogP contribution is -2.42. The highest BCUT2D eigenvalue weighted by atomic mass is 32.2. The highest BCUT2D eigenvalue weighted by Crippen LogP contribution is 2.29. The molecular weight excluding hydrogens is 220 g/mol. The Bertz CT molecular complexity index is 239. The maximum atomic E-state index is 5.37. The number of rotatable bonds is 6. The predicted molar refractivity (Wildman–Crippen MR) is 72.3 cm³/mol. The molecule has 1 atom stereocenters. The van der Waals surface area contributed by atoms with Crippen LogP contribution in [-0.4, -0.2) is 35.7 Å². The zero-order valence-corrected chi connectivity index (χ0v) is 11.7. The molecule has 0 spiro atoms. The first kappa shape index (κ1) is 13.8. The summed E-state index contributed by atoms with van der Waals surface area (Å²) in [5.41, 5.74) is 0.273. The molecule has 1 aliphatic rings. The highest BCUT2D eigenvalue weighted by molar-refractivity contribution is 8.14. The lowest BCUT2D eigenvalue weighted by molar-refractivity contribution is 0.137. The Kier molecular flexibility index (Phi) is 5.62. The quantitative estimate of drug-likeness (QED) is 0.780. The Morgan fingerprint density at radius 3 is 2.62 bits per heavy atom. The predicted octanol–water partition coefficient (Wildman–Crippen LogP) is 2.66. The van der Waals surface area contributed by atoms with Crippen molar-refractivity contribution >= 4 is 16.9 Å². The third-order valence-corrected chi connectivity index (χ3v) is 4.29. The van der Waals surface area contributed by atoms with E-state index in [1.54, 1.807) is 0 Å². The Morgan fingerprint density at radius 2 is 2.12 bits per heavy atom. The van der Waals surface area contributed by atoms with Crippen molar-refractivity contribution in [2.45, 2.75) is 52.1 Å². The largest absolute Gasteiger partial charge is 0.380 e. The summed E-state index contributed by atoms with van der Waals surface area (Å²) in [4.78, 5) is 4.65. The van der Waals surface area contributed by atoms with E-state index in [9.17, 15) is 0 Å². The summed E-state index contributed by atoms with van der Waals surface area (Å²) in [5, 5.41) is 4.66. The average molecular weight is 244 g/mol. The van der Waals surface area contributed by atoms with Crippen LogP contribution in [0.3, 0.4) is 0 Å². The van der Waals surface area contributed by atoms with Gasteiger partial charge in [-0.25, -0.2) is 0 Å². The maximum Gasteiger partial charge on any atom is 0.157 e. The molecule has 0 saturated carbocycles. The standard InChI is InChI=1S/C12H24N2OS/c1-5-12(6-2)9-16-11(14-12)13-10(4)8-15-7-3/h10H,5-9H2,1-4H3,(H,13,14). The summed E-state index contributed by atoms with van der Waals surface area (Å²) in [6.07, 6.45) is 2.32. The van der Waals surface area contributed by atoms with Crippen LogP contribution in [0.5, 0.6) is 0 Å². The van der Waals surface area contributed by atoms with Crippen molar-refractivity contribution in [3.63, 3.8) is 0 Å². The summed E-state index contributed by atoms with van der Waals surface area (Å²) in [7, 11) is 0. The number of nitrogens with one attached hydrogen (secondary N) is 1. The summed E-state index contributed by atoms with van der Waals surface area (Å²) in [6, 6.07) is 0.250. The van der Waals surface area contributed by atoms with Crippen LogP contribution >= 0.6 is 11.8 Å². The third kappa shape index (κ3) is 3.67. The van der Waals surface area contributed by atoms with Gasteiger partial charge in [0, 0.05) is 17.9 Å². The van der Waals surface area contributed by atoms with Crippen molar-refractivity contribution in [1.29, 1.82) is 0 Å². The van der Waals surface area contributed by atoms with Gasteiger partial charge in [0.25, 0.3) is 0 Å². The molecule has 16 heavy (non-hydrogen) atoms. The average Bonchev–Trinajstić information content (AvgIpc) is 2.70. The van der Waals surface area contributed by atoms with Crippen LogP contribution in [0.4, 0.5) is 0 Å². The number of ether oxygens (including phenoxy) is 1. The molecule has 1 aliphatic heterocycles. The summed E-state index contributed by atoms with van der Waals surface area (Å²) >= 11 is 1.84. The van der Waals surface area contributed by atoms with Crippen LogP contribution in [0.1, 0.15) is 40.5 Å². The second kappa shape index (κ2) is 6.50. The van der Waals surface area contributed by atoms with E-state index >= 15 is 0 Å². The van der Waals surface area contributed by atoms with Gasteiger partial charge in [0.1, 0.15) is 0 Å². The fourth-order valence-electron chi connectivity index (χ4n) is 1.73. The van der Waals surface area contributed by atoms with E-state index in [0.29, 0.717) is 6.61 Å². The van der Waals surface area contributed by atoms with E-state index in [1.165, 1.54) is 0 Å². The minimum Gasteiger partial charge on any atom is -0.380 e. The smallest absolute Gasteiger partial charge is 0.157 e. The fourth-order valence-corrected chi connectivity index (χ4v) is 3.17. The molecule has 0 aromatic rings. The van der Waals surface area contributed by atoms with Crippen molar-refractivity contribution < 1.29 is 4.74 Å². The minimum atomic E-state index is 0.250. The van der Waals surface area contributed by atoms with Gasteiger partial charge in [-0.3, -0.25) is 4.99 Å². The first-order valence-corrected chi connectivity index (χ1v) is 7.21. The highest BCUT2D eigenvalue weighted by Gasteiger charge is 2.33. The maximum absolute atomic E-state index is 5.37. The molecule has 0 aromatic carbocycles. The van der Waals surface area contributed by atoms with Crippen molar-refractivity contribution in [3.8, 4) is 0 Å². The Morgan fingerprint density at radius 1 is 1.44 bits per heavy atom. The summed E-state index contributed by atoms with van der Waals surface area (Å²) in [6.45, 7) is 10.1. The normalized spacial score (nSPS) is 23.4. The molecule has 3 nitrogen and oxygen atoms in total. The van der Waals surface area contributed by atoms with Crippen LogP contribution in [-0.2, 0) is 4.74 Å². The van der Waals surface area contributed by atoms with Gasteiger partial charge in [-0.15, -0.1) is 0 Å². The second-order valence-electron chi connectivity index (χ2n) is 4.34. The van der Waals surface area contributed by atoms with Gasteiger partial charge >= 0.3 is 0 Å². The van der Waals surface area contributed by atoms with E-state index in [4.69, 9.17) is 4.74 Å². The number of thioether (sulfide) groups is 1. The van der Waals surface area contributed by atoms with Gasteiger partial charge in [-0.05, 0) is 26.7 Å². The zero-order chi connectivity index (χ0) is 12.0. The molecule has 1 fully saturated rings. The Labute approximate surface area is 103 Å². The van der Waals surface area contributed by atoms with E-state index in [1.807, 2.05) is 18.7 Å². The zero-order valence-electron chi connectivity index (χ0n) is 10.9. The molecule has 0 bridgehead atoms. The first-order chi connectivity index (χ1) is 7.65. The lowest BCUT2D eigenvalue weighted by atomic mass is 9.96. The Hall–Kier alpha value is -0.220. The van der Waals surface area contributed by atoms with Crippen molar-refractivity contribution in [2.75, 3.05) is 19.0 Å². The number of nitrogens with zero attached hydrogens (tertiary/aromatic N) is 1. The van der Waals surface area contributed by atoms with Crippen molar-refractivity contribution in [1.82, 2.24) is 5.32 Å². The number of hydrogen-bond acceptors (Lipinski definition) is 3. The summed E-state index contributed by atoms with van der Waals surface area (Å²) < 4.78 is 5.37. The van der Waals surface area contributed by atoms with Gasteiger partial charge in [0.05, 0.1) is 12.6 Å². The third-order valence-electron chi connectivity index (χ3n) is 3.11. The van der Waals surface area contributed by atoms with Crippen molar-refractivity contribution in [2.24, 2.45) is 4.99 Å². The van der Waals surface area contributed by atoms with Crippen LogP contribution in [0.25, 0.3) is 0 Å². The molecule has 1 unspecified atom stereocenters. The van der Waals surface area contributed by atoms with Crippen molar-refractivity contribution in [3.05, 3.63) is 0 Å². The number of amidine groups is 1. The first-order valence-electron chi connectivity index (χ1n) is 6.22. The molecule has 0 amide bonds. The van der Waals surface area contributed by atoms with Gasteiger partial charge in [-0.2, -0.15) is 0 Å². The molecule has 0 aromatic heterocycles. The van der Waals surface area contributed by atoms with Gasteiger partial charge in [-0.1, -0.05) is 25.6 Å². The molecule has 94 valence electrons. The number of hydrogen-bond donors (Lipinski definition) is 1. The fraction of sp³-hybridized carbons (Fsp3) is 0.917. The molecule has 0 radical (unpaired) electrons. The topological polar surface area (TPSA) is 33.6 Å². The Balaban J connectivity index is 2.48. The van der Waals surface area contributed by atoms with Gasteiger partial charge in [0.15, 0.2) is 5.17 Å². The SMILES string of the molecule is CCOCC(C)N=C1NC(CC)(CC)CS1. The van der Waals surface area contributed by atoms with Crippen LogP contribution in [0.15, 0.2) is 4.99 Å². The van der Waals surface area contributed by atoms with Gasteiger partial charge < -0.3 is 10.1 Å². The second-order valence-corrected chi connectivity index (χ2v) is 5.31. The molecule has 1 N–H and O–H groups in total. The molecule has 1 saturated heterocycles. The summed E-state index contributed by atoms with van der Waals surface area (Å²) in [5.74, 6) is 1.14. The van der Waals surface area contributed by atoms with E-state index in [0.717, 1.165) is 30.4 Å². The minimum absolute atomic E-state index is 0.250. The molecule has 1 heterocycles.